The first kappa shape index (κ1) is 29.7. The molecular formula is C28H33N7O5S. The zero-order valence-electron chi connectivity index (χ0n) is 23.1. The lowest BCUT2D eigenvalue weighted by molar-refractivity contribution is -0.140. The van der Waals surface area contributed by atoms with Crippen LogP contribution in [-0.2, 0) is 28.6 Å². The molecule has 3 aromatic rings. The summed E-state index contributed by atoms with van der Waals surface area (Å²) in [6, 6.07) is 11.6. The van der Waals surface area contributed by atoms with Gasteiger partial charge in [0.25, 0.3) is 16.1 Å². The number of hydrogen-bond donors (Lipinski definition) is 3. The molecule has 0 spiro atoms. The van der Waals surface area contributed by atoms with Gasteiger partial charge in [-0.2, -0.15) is 22.5 Å². The van der Waals surface area contributed by atoms with Gasteiger partial charge in [0.15, 0.2) is 0 Å². The van der Waals surface area contributed by atoms with Gasteiger partial charge in [0.1, 0.15) is 11.7 Å². The number of carbonyl (C=O) groups excluding carboxylic acids is 1. The summed E-state index contributed by atoms with van der Waals surface area (Å²) in [6.45, 7) is 5.02. The van der Waals surface area contributed by atoms with Gasteiger partial charge in [0.2, 0.25) is 0 Å². The number of rotatable bonds is 9. The van der Waals surface area contributed by atoms with Crippen LogP contribution in [0.1, 0.15) is 41.2 Å². The number of carboxylic acid groups (broad SMARTS) is 1. The average Bonchev–Trinajstić information content (AvgIpc) is 3.38. The van der Waals surface area contributed by atoms with Crippen molar-refractivity contribution in [1.82, 2.24) is 29.1 Å². The number of anilines is 1. The van der Waals surface area contributed by atoms with E-state index in [1.165, 1.54) is 4.31 Å². The zero-order valence-corrected chi connectivity index (χ0v) is 23.9. The summed E-state index contributed by atoms with van der Waals surface area (Å²) in [5, 5.41) is 16.4. The van der Waals surface area contributed by atoms with Crippen molar-refractivity contribution >= 4 is 27.8 Å². The fourth-order valence-electron chi connectivity index (χ4n) is 4.24. The number of nitrogens with zero attached hydrogens (tertiary/aromatic N) is 5. The second kappa shape index (κ2) is 12.9. The minimum atomic E-state index is -3.92. The van der Waals surface area contributed by atoms with Crippen LogP contribution in [0.15, 0.2) is 54.9 Å². The molecule has 1 aliphatic rings. The predicted molar refractivity (Wildman–Crippen MR) is 153 cm³/mol. The van der Waals surface area contributed by atoms with Gasteiger partial charge < -0.3 is 15.3 Å². The Morgan fingerprint density at radius 3 is 2.32 bits per heavy atom. The fourth-order valence-corrected chi connectivity index (χ4v) is 5.73. The molecule has 1 fully saturated rings. The summed E-state index contributed by atoms with van der Waals surface area (Å²) < 4.78 is 30.7. The number of carbonyl (C=O) groups is 2. The van der Waals surface area contributed by atoms with Crippen molar-refractivity contribution in [3.8, 4) is 11.8 Å². The number of piperazine rings is 1. The Morgan fingerprint density at radius 2 is 1.71 bits per heavy atom. The Labute approximate surface area is 239 Å². The molecule has 2 aromatic heterocycles. The lowest BCUT2D eigenvalue weighted by Crippen LogP contribution is -2.55. The zero-order chi connectivity index (χ0) is 29.6. The number of aryl methyl sites for hydroxylation is 1. The van der Waals surface area contributed by atoms with E-state index in [0.717, 1.165) is 16.9 Å². The van der Waals surface area contributed by atoms with Gasteiger partial charge in [-0.1, -0.05) is 25.7 Å². The van der Waals surface area contributed by atoms with Crippen molar-refractivity contribution < 1.29 is 23.1 Å². The predicted octanol–water partition coefficient (Wildman–Crippen LogP) is 1.21. The number of aromatic nitrogens is 3. The normalized spacial score (nSPS) is 14.8. The van der Waals surface area contributed by atoms with Crippen molar-refractivity contribution in [2.75, 3.05) is 31.1 Å². The van der Waals surface area contributed by atoms with Crippen molar-refractivity contribution in [1.29, 1.82) is 0 Å². The van der Waals surface area contributed by atoms with E-state index in [4.69, 9.17) is 0 Å². The molecule has 0 aliphatic carbocycles. The SMILES string of the molecule is CC(C)[C@@H](NS(=O)(=O)N1CCN(c2ccc(C#Cc3ccnc(C(=O)NCc4ccn(C)n4)c3)cc2)CC1)C(=O)O. The second-order valence-corrected chi connectivity index (χ2v) is 11.7. The number of pyridine rings is 1. The van der Waals surface area contributed by atoms with Crippen molar-refractivity contribution in [3.63, 3.8) is 0 Å². The lowest BCUT2D eigenvalue weighted by Gasteiger charge is -2.36. The maximum Gasteiger partial charge on any atom is 0.322 e. The molecule has 1 atom stereocenters. The Morgan fingerprint density at radius 1 is 1.02 bits per heavy atom. The van der Waals surface area contributed by atoms with E-state index in [1.807, 2.05) is 43.6 Å². The fraction of sp³-hybridized carbons (Fsp3) is 0.357. The van der Waals surface area contributed by atoms with Crippen molar-refractivity contribution in [2.24, 2.45) is 13.0 Å². The van der Waals surface area contributed by atoms with E-state index in [0.29, 0.717) is 25.2 Å². The van der Waals surface area contributed by atoms with Gasteiger partial charge in [-0.15, -0.1) is 0 Å². The quantitative estimate of drug-likeness (QED) is 0.320. The molecule has 0 saturated carbocycles. The molecule has 1 aliphatic heterocycles. The Hall–Kier alpha value is -4.25. The van der Waals surface area contributed by atoms with Crippen LogP contribution >= 0.6 is 0 Å². The number of hydrogen-bond acceptors (Lipinski definition) is 7. The third kappa shape index (κ3) is 7.91. The summed E-state index contributed by atoms with van der Waals surface area (Å²) >= 11 is 0. The summed E-state index contributed by atoms with van der Waals surface area (Å²) in [5.74, 6) is 4.27. The van der Waals surface area contributed by atoms with Gasteiger partial charge in [-0.25, -0.2) is 0 Å². The summed E-state index contributed by atoms with van der Waals surface area (Å²) in [5.41, 5.74) is 3.38. The van der Waals surface area contributed by atoms with E-state index in [1.54, 1.807) is 36.9 Å². The molecule has 13 heteroatoms. The highest BCUT2D eigenvalue weighted by molar-refractivity contribution is 7.87. The highest BCUT2D eigenvalue weighted by Gasteiger charge is 2.32. The monoisotopic (exact) mass is 579 g/mol. The van der Waals surface area contributed by atoms with E-state index in [2.05, 4.69) is 36.9 Å². The van der Waals surface area contributed by atoms with E-state index >= 15 is 0 Å². The van der Waals surface area contributed by atoms with Crippen LogP contribution in [0.4, 0.5) is 5.69 Å². The molecule has 12 nitrogen and oxygen atoms in total. The van der Waals surface area contributed by atoms with Crippen LogP contribution in [0.5, 0.6) is 0 Å². The van der Waals surface area contributed by atoms with Crippen LogP contribution in [0.3, 0.4) is 0 Å². The maximum absolute atomic E-state index is 12.7. The molecule has 1 aromatic carbocycles. The van der Waals surface area contributed by atoms with Gasteiger partial charge in [-0.05, 0) is 48.4 Å². The highest BCUT2D eigenvalue weighted by atomic mass is 32.2. The van der Waals surface area contributed by atoms with E-state index in [9.17, 15) is 23.1 Å². The second-order valence-electron chi connectivity index (χ2n) is 9.96. The van der Waals surface area contributed by atoms with E-state index in [-0.39, 0.29) is 30.6 Å². The molecule has 1 amide bonds. The molecule has 0 radical (unpaired) electrons. The van der Waals surface area contributed by atoms with E-state index < -0.39 is 22.2 Å². The minimum absolute atomic E-state index is 0.237. The van der Waals surface area contributed by atoms with Gasteiger partial charge in [0, 0.05) is 62.4 Å². The average molecular weight is 580 g/mol. The van der Waals surface area contributed by atoms with Crippen LogP contribution in [-0.4, -0.2) is 76.7 Å². The van der Waals surface area contributed by atoms with Gasteiger partial charge in [-0.3, -0.25) is 19.3 Å². The van der Waals surface area contributed by atoms with Gasteiger partial charge >= 0.3 is 5.97 Å². The molecule has 4 rings (SSSR count). The number of benzene rings is 1. The molecule has 3 heterocycles. The third-order valence-corrected chi connectivity index (χ3v) is 8.16. The summed E-state index contributed by atoms with van der Waals surface area (Å²) in [4.78, 5) is 30.1. The van der Waals surface area contributed by atoms with Crippen LogP contribution in [0, 0.1) is 17.8 Å². The van der Waals surface area contributed by atoms with Gasteiger partial charge in [0.05, 0.1) is 12.2 Å². The first-order valence-electron chi connectivity index (χ1n) is 13.1. The topological polar surface area (TPSA) is 150 Å². The Kier molecular flexibility index (Phi) is 9.38. The lowest BCUT2D eigenvalue weighted by atomic mass is 10.1. The molecule has 0 bridgehead atoms. The van der Waals surface area contributed by atoms with Crippen LogP contribution < -0.4 is 14.9 Å². The largest absolute Gasteiger partial charge is 0.480 e. The molecule has 216 valence electrons. The number of nitrogens with one attached hydrogen (secondary N) is 2. The smallest absolute Gasteiger partial charge is 0.322 e. The summed E-state index contributed by atoms with van der Waals surface area (Å²) in [6.07, 6.45) is 3.35. The molecule has 41 heavy (non-hydrogen) atoms. The molecule has 1 saturated heterocycles. The van der Waals surface area contributed by atoms with Crippen LogP contribution in [0.2, 0.25) is 0 Å². The number of aliphatic carboxylic acids is 1. The third-order valence-electron chi connectivity index (χ3n) is 6.56. The Balaban J connectivity index is 1.32. The summed E-state index contributed by atoms with van der Waals surface area (Å²) in [7, 11) is -2.11. The number of amides is 1. The van der Waals surface area contributed by atoms with Crippen LogP contribution in [0.25, 0.3) is 0 Å². The molecule has 0 unspecified atom stereocenters. The van der Waals surface area contributed by atoms with Crippen molar-refractivity contribution in [3.05, 3.63) is 77.4 Å². The highest BCUT2D eigenvalue weighted by Crippen LogP contribution is 2.19. The standard InChI is InChI=1S/C28H33N7O5S/c1-20(2)26(28(37)38)32-41(39,40)35-16-14-34(15-17-35)24-8-6-21(7-9-24)4-5-22-10-12-29-25(18-22)27(36)30-19-23-11-13-33(3)31-23/h6-13,18,20,26,32H,14-17,19H2,1-3H3,(H,30,36)(H,37,38)/t26-/m1/s1. The Bertz CT molecular complexity index is 1550. The van der Waals surface area contributed by atoms with Crippen molar-refractivity contribution in [2.45, 2.75) is 26.4 Å². The number of carboxylic acids is 1. The molecule has 3 N–H and O–H groups in total. The molecular weight excluding hydrogens is 546 g/mol. The maximum atomic E-state index is 12.7. The first-order chi connectivity index (χ1) is 19.5. The first-order valence-corrected chi connectivity index (χ1v) is 14.6. The minimum Gasteiger partial charge on any atom is -0.480 e.